The molecule has 2 aromatic rings. The van der Waals surface area contributed by atoms with E-state index in [2.05, 4.69) is 5.32 Å². The van der Waals surface area contributed by atoms with Gasteiger partial charge in [-0.1, -0.05) is 30.3 Å². The lowest BCUT2D eigenvalue weighted by atomic mass is 10.2. The minimum absolute atomic E-state index is 0.302. The molecule has 7 nitrogen and oxygen atoms in total. The summed E-state index contributed by atoms with van der Waals surface area (Å²) in [5.74, 6) is -0.866. The van der Waals surface area contributed by atoms with Crippen molar-refractivity contribution in [1.29, 1.82) is 0 Å². The van der Waals surface area contributed by atoms with Crippen LogP contribution in [0.5, 0.6) is 5.75 Å². The standard InChI is InChI=1S/C21H22N2O5/c1-23(17-6-4-3-5-7-17)20(25)12-13-21(26)28-15-19(24)22-14-16-8-10-18(27-2)11-9-16/h3-13H,14-15H2,1-2H3,(H,22,24). The van der Waals surface area contributed by atoms with Gasteiger partial charge in [0.2, 0.25) is 0 Å². The molecule has 0 atom stereocenters. The number of nitrogens with zero attached hydrogens (tertiary/aromatic N) is 1. The molecule has 0 bridgehead atoms. The Morgan fingerprint density at radius 2 is 1.68 bits per heavy atom. The molecule has 7 heteroatoms. The van der Waals surface area contributed by atoms with Crippen molar-refractivity contribution in [3.8, 4) is 5.75 Å². The molecule has 2 aromatic carbocycles. The van der Waals surface area contributed by atoms with E-state index < -0.39 is 18.5 Å². The number of carbonyl (C=O) groups is 3. The SMILES string of the molecule is COc1ccc(CNC(=O)COC(=O)C=CC(=O)N(C)c2ccccc2)cc1. The molecule has 28 heavy (non-hydrogen) atoms. The molecule has 0 aliphatic heterocycles. The summed E-state index contributed by atoms with van der Waals surface area (Å²) in [5, 5.41) is 2.64. The van der Waals surface area contributed by atoms with E-state index in [-0.39, 0.29) is 5.91 Å². The van der Waals surface area contributed by atoms with Crippen molar-refractivity contribution in [2.45, 2.75) is 6.54 Å². The van der Waals surface area contributed by atoms with Gasteiger partial charge < -0.3 is 19.7 Å². The number of methoxy groups -OCH3 is 1. The van der Waals surface area contributed by atoms with E-state index >= 15 is 0 Å². The fraction of sp³-hybridized carbons (Fsp3) is 0.190. The number of anilines is 1. The van der Waals surface area contributed by atoms with Crippen LogP contribution in [0.25, 0.3) is 0 Å². The Morgan fingerprint density at radius 1 is 1.00 bits per heavy atom. The maximum Gasteiger partial charge on any atom is 0.331 e. The summed E-state index contributed by atoms with van der Waals surface area (Å²) in [6.07, 6.45) is 2.10. The largest absolute Gasteiger partial charge is 0.497 e. The van der Waals surface area contributed by atoms with Gasteiger partial charge in [-0.05, 0) is 29.8 Å². The van der Waals surface area contributed by atoms with Gasteiger partial charge in [-0.25, -0.2) is 4.79 Å². The Kier molecular flexibility index (Phi) is 7.77. The average molecular weight is 382 g/mol. The van der Waals surface area contributed by atoms with Gasteiger partial charge in [-0.3, -0.25) is 9.59 Å². The molecule has 146 valence electrons. The molecular weight excluding hydrogens is 360 g/mol. The van der Waals surface area contributed by atoms with Crippen LogP contribution in [0.15, 0.2) is 66.7 Å². The smallest absolute Gasteiger partial charge is 0.331 e. The first-order valence-corrected chi connectivity index (χ1v) is 8.57. The van der Waals surface area contributed by atoms with Crippen molar-refractivity contribution in [3.05, 3.63) is 72.3 Å². The van der Waals surface area contributed by atoms with Crippen molar-refractivity contribution in [2.75, 3.05) is 25.7 Å². The van der Waals surface area contributed by atoms with Gasteiger partial charge in [0.1, 0.15) is 5.75 Å². The summed E-state index contributed by atoms with van der Waals surface area (Å²) in [5.41, 5.74) is 1.58. The van der Waals surface area contributed by atoms with E-state index in [9.17, 15) is 14.4 Å². The van der Waals surface area contributed by atoms with Crippen LogP contribution in [0.4, 0.5) is 5.69 Å². The van der Waals surface area contributed by atoms with Gasteiger partial charge in [-0.2, -0.15) is 0 Å². The van der Waals surface area contributed by atoms with Crippen molar-refractivity contribution >= 4 is 23.5 Å². The molecule has 0 aromatic heterocycles. The third kappa shape index (κ3) is 6.60. The van der Waals surface area contributed by atoms with Gasteiger partial charge in [0.25, 0.3) is 11.8 Å². The number of carbonyl (C=O) groups excluding carboxylic acids is 3. The number of rotatable bonds is 8. The lowest BCUT2D eigenvalue weighted by Crippen LogP contribution is -2.28. The second kappa shape index (κ2) is 10.5. The van der Waals surface area contributed by atoms with Crippen LogP contribution in [-0.4, -0.2) is 38.5 Å². The zero-order chi connectivity index (χ0) is 20.4. The van der Waals surface area contributed by atoms with Crippen LogP contribution in [-0.2, 0) is 25.7 Å². The Bertz CT molecular complexity index is 832. The number of amides is 2. The molecule has 0 saturated heterocycles. The molecule has 0 fully saturated rings. The molecule has 1 N–H and O–H groups in total. The predicted molar refractivity (Wildman–Crippen MR) is 105 cm³/mol. The van der Waals surface area contributed by atoms with Gasteiger partial charge in [0, 0.05) is 31.4 Å². The Balaban J connectivity index is 1.72. The number of benzene rings is 2. The van der Waals surface area contributed by atoms with Crippen LogP contribution in [0, 0.1) is 0 Å². The summed E-state index contributed by atoms with van der Waals surface area (Å²) in [6.45, 7) is -0.126. The molecule has 0 unspecified atom stereocenters. The molecule has 0 heterocycles. The Labute approximate surface area is 163 Å². The third-order valence-corrected chi connectivity index (χ3v) is 3.83. The fourth-order valence-electron chi connectivity index (χ4n) is 2.21. The first kappa shape index (κ1) is 20.7. The first-order valence-electron chi connectivity index (χ1n) is 8.57. The molecule has 2 rings (SSSR count). The van der Waals surface area contributed by atoms with Gasteiger partial charge >= 0.3 is 5.97 Å². The Morgan fingerprint density at radius 3 is 2.32 bits per heavy atom. The second-order valence-corrected chi connectivity index (χ2v) is 5.80. The highest BCUT2D eigenvalue weighted by Crippen LogP contribution is 2.12. The average Bonchev–Trinajstić information content (AvgIpc) is 2.74. The van der Waals surface area contributed by atoms with E-state index in [0.717, 1.165) is 23.5 Å². The molecule has 0 saturated carbocycles. The number of para-hydroxylation sites is 1. The quantitative estimate of drug-likeness (QED) is 0.558. The van der Waals surface area contributed by atoms with E-state index in [1.165, 1.54) is 4.90 Å². The van der Waals surface area contributed by atoms with Crippen LogP contribution in [0.3, 0.4) is 0 Å². The van der Waals surface area contributed by atoms with E-state index in [4.69, 9.17) is 9.47 Å². The van der Waals surface area contributed by atoms with Crippen molar-refractivity contribution in [1.82, 2.24) is 5.32 Å². The second-order valence-electron chi connectivity index (χ2n) is 5.80. The number of likely N-dealkylation sites (N-methyl/N-ethyl adjacent to an activating group) is 1. The summed E-state index contributed by atoms with van der Waals surface area (Å²) >= 11 is 0. The monoisotopic (exact) mass is 382 g/mol. The predicted octanol–water partition coefficient (Wildman–Crippen LogP) is 2.07. The number of hydrogen-bond donors (Lipinski definition) is 1. The van der Waals surface area contributed by atoms with E-state index in [0.29, 0.717) is 12.2 Å². The van der Waals surface area contributed by atoms with E-state index in [1.807, 2.05) is 30.3 Å². The van der Waals surface area contributed by atoms with Gasteiger partial charge in [0.15, 0.2) is 6.61 Å². The van der Waals surface area contributed by atoms with Crippen LogP contribution >= 0.6 is 0 Å². The zero-order valence-corrected chi connectivity index (χ0v) is 15.8. The molecule has 0 aliphatic rings. The highest BCUT2D eigenvalue weighted by atomic mass is 16.5. The van der Waals surface area contributed by atoms with E-state index in [1.54, 1.807) is 38.4 Å². The maximum absolute atomic E-state index is 12.0. The highest BCUT2D eigenvalue weighted by molar-refractivity contribution is 6.04. The highest BCUT2D eigenvalue weighted by Gasteiger charge is 2.09. The Hall–Kier alpha value is -3.61. The number of ether oxygens (including phenoxy) is 2. The molecule has 2 amide bonds. The van der Waals surface area contributed by atoms with Gasteiger partial charge in [0.05, 0.1) is 7.11 Å². The lowest BCUT2D eigenvalue weighted by molar-refractivity contribution is -0.143. The summed E-state index contributed by atoms with van der Waals surface area (Å²) in [7, 11) is 3.17. The molecule has 0 radical (unpaired) electrons. The normalized spacial score (nSPS) is 10.4. The summed E-state index contributed by atoms with van der Waals surface area (Å²) < 4.78 is 9.90. The van der Waals surface area contributed by atoms with Crippen LogP contribution in [0.1, 0.15) is 5.56 Å². The van der Waals surface area contributed by atoms with Crippen molar-refractivity contribution in [3.63, 3.8) is 0 Å². The topological polar surface area (TPSA) is 84.9 Å². The number of nitrogens with one attached hydrogen (secondary N) is 1. The number of esters is 1. The molecule has 0 spiro atoms. The minimum atomic E-state index is -0.769. The summed E-state index contributed by atoms with van der Waals surface area (Å²) in [4.78, 5) is 36.9. The van der Waals surface area contributed by atoms with Crippen molar-refractivity contribution in [2.24, 2.45) is 0 Å². The summed E-state index contributed by atoms with van der Waals surface area (Å²) in [6, 6.07) is 16.2. The zero-order valence-electron chi connectivity index (χ0n) is 15.8. The third-order valence-electron chi connectivity index (χ3n) is 3.83. The fourth-order valence-corrected chi connectivity index (χ4v) is 2.21. The number of hydrogen-bond acceptors (Lipinski definition) is 5. The van der Waals surface area contributed by atoms with Crippen molar-refractivity contribution < 1.29 is 23.9 Å². The first-order chi connectivity index (χ1) is 13.5. The minimum Gasteiger partial charge on any atom is -0.497 e. The maximum atomic E-state index is 12.0. The molecule has 0 aliphatic carbocycles. The van der Waals surface area contributed by atoms with Crippen LogP contribution < -0.4 is 15.0 Å². The lowest BCUT2D eigenvalue weighted by Gasteiger charge is -2.14. The van der Waals surface area contributed by atoms with Gasteiger partial charge in [-0.15, -0.1) is 0 Å². The molecular formula is C21H22N2O5. The van der Waals surface area contributed by atoms with Crippen LogP contribution in [0.2, 0.25) is 0 Å².